The zero-order chi connectivity index (χ0) is 11.8. The molecular weight excluding hydrogens is 224 g/mol. The lowest BCUT2D eigenvalue weighted by Crippen LogP contribution is -2.24. The molecule has 0 spiro atoms. The van der Waals surface area contributed by atoms with Gasteiger partial charge in [0, 0.05) is 6.07 Å². The molecule has 0 N–H and O–H groups in total. The number of hydrogen-bond acceptors (Lipinski definition) is 5. The monoisotopic (exact) mass is 232 g/mol. The Hall–Kier alpha value is -2.42. The summed E-state index contributed by atoms with van der Waals surface area (Å²) in [5, 5.41) is 8.70. The first kappa shape index (κ1) is 9.78. The molecule has 2 aliphatic heterocycles. The second-order valence-corrected chi connectivity index (χ2v) is 3.65. The molecule has 17 heavy (non-hydrogen) atoms. The van der Waals surface area contributed by atoms with Gasteiger partial charge in [0.15, 0.2) is 11.5 Å². The van der Waals surface area contributed by atoms with Gasteiger partial charge in [-0.2, -0.15) is 5.26 Å². The van der Waals surface area contributed by atoms with Crippen molar-refractivity contribution in [3.05, 3.63) is 18.2 Å². The molecule has 2 aliphatic rings. The van der Waals surface area contributed by atoms with Crippen LogP contribution in [0.5, 0.6) is 11.5 Å². The largest absolute Gasteiger partial charge is 0.454 e. The second-order valence-electron chi connectivity index (χ2n) is 3.65. The highest BCUT2D eigenvalue weighted by atomic mass is 16.7. The minimum Gasteiger partial charge on any atom is -0.454 e. The van der Waals surface area contributed by atoms with Gasteiger partial charge in [0.2, 0.25) is 12.9 Å². The topological polar surface area (TPSA) is 71.8 Å². The van der Waals surface area contributed by atoms with Crippen LogP contribution in [-0.2, 0) is 4.74 Å². The van der Waals surface area contributed by atoms with Crippen molar-refractivity contribution in [2.45, 2.75) is 6.10 Å². The molecule has 1 aromatic rings. The third kappa shape index (κ3) is 1.52. The van der Waals surface area contributed by atoms with Gasteiger partial charge in [-0.05, 0) is 12.1 Å². The van der Waals surface area contributed by atoms with Gasteiger partial charge in [0.05, 0.1) is 12.2 Å². The average molecular weight is 232 g/mol. The number of rotatable bonds is 1. The smallest absolute Gasteiger partial charge is 0.415 e. The van der Waals surface area contributed by atoms with Crippen LogP contribution in [0.1, 0.15) is 0 Å². The molecule has 0 radical (unpaired) electrons. The van der Waals surface area contributed by atoms with Crippen LogP contribution >= 0.6 is 0 Å². The quantitative estimate of drug-likeness (QED) is 0.728. The fourth-order valence-corrected chi connectivity index (χ4v) is 1.79. The van der Waals surface area contributed by atoms with Crippen LogP contribution in [0.15, 0.2) is 18.2 Å². The van der Waals surface area contributed by atoms with Gasteiger partial charge in [0.25, 0.3) is 0 Å². The number of nitriles is 1. The fraction of sp³-hybridized carbons (Fsp3) is 0.273. The van der Waals surface area contributed by atoms with Gasteiger partial charge in [0.1, 0.15) is 6.07 Å². The highest BCUT2D eigenvalue weighted by Gasteiger charge is 2.33. The summed E-state index contributed by atoms with van der Waals surface area (Å²) >= 11 is 0. The van der Waals surface area contributed by atoms with Crippen LogP contribution in [0.2, 0.25) is 0 Å². The predicted molar refractivity (Wildman–Crippen MR) is 55.8 cm³/mol. The lowest BCUT2D eigenvalue weighted by atomic mass is 10.2. The summed E-state index contributed by atoms with van der Waals surface area (Å²) < 4.78 is 15.2. The number of fused-ring (bicyclic) bond motifs is 1. The van der Waals surface area contributed by atoms with Gasteiger partial charge in [-0.15, -0.1) is 0 Å². The van der Waals surface area contributed by atoms with Crippen LogP contribution in [0.25, 0.3) is 0 Å². The van der Waals surface area contributed by atoms with E-state index in [-0.39, 0.29) is 13.3 Å². The Kier molecular flexibility index (Phi) is 2.05. The standard InChI is InChI=1S/C11H8N2O4/c12-4-8-5-13(11(14)17-8)7-1-2-9-10(3-7)16-6-15-9/h1-3,8H,5-6H2. The summed E-state index contributed by atoms with van der Waals surface area (Å²) in [6.07, 6.45) is -1.23. The lowest BCUT2D eigenvalue weighted by molar-refractivity contribution is 0.162. The number of anilines is 1. The first-order valence-corrected chi connectivity index (χ1v) is 5.05. The van der Waals surface area contributed by atoms with Crippen molar-refractivity contribution in [2.24, 2.45) is 0 Å². The maximum absolute atomic E-state index is 11.5. The molecule has 1 atom stereocenters. The molecule has 1 fully saturated rings. The minimum absolute atomic E-state index is 0.185. The highest BCUT2D eigenvalue weighted by molar-refractivity contribution is 5.90. The van der Waals surface area contributed by atoms with E-state index in [2.05, 4.69) is 0 Å². The number of nitrogens with zero attached hydrogens (tertiary/aromatic N) is 2. The van der Waals surface area contributed by atoms with E-state index in [1.54, 1.807) is 18.2 Å². The maximum atomic E-state index is 11.5. The van der Waals surface area contributed by atoms with Crippen LogP contribution in [0, 0.1) is 11.3 Å². The highest BCUT2D eigenvalue weighted by Crippen LogP contribution is 2.36. The SMILES string of the molecule is N#CC1CN(c2ccc3c(c2)OCO3)C(=O)O1. The van der Waals surface area contributed by atoms with E-state index in [0.717, 1.165) is 0 Å². The summed E-state index contributed by atoms with van der Waals surface area (Å²) in [4.78, 5) is 12.9. The van der Waals surface area contributed by atoms with Crippen LogP contribution in [0.3, 0.4) is 0 Å². The molecule has 86 valence electrons. The second kappa shape index (κ2) is 3.56. The number of cyclic esters (lactones) is 1. The van der Waals surface area contributed by atoms with Crippen LogP contribution < -0.4 is 14.4 Å². The summed E-state index contributed by atoms with van der Waals surface area (Å²) in [6.45, 7) is 0.416. The van der Waals surface area contributed by atoms with Crippen molar-refractivity contribution in [3.63, 3.8) is 0 Å². The molecule has 1 saturated heterocycles. The Bertz CT molecular complexity index is 523. The van der Waals surface area contributed by atoms with Gasteiger partial charge in [-0.3, -0.25) is 4.90 Å². The number of benzene rings is 1. The van der Waals surface area contributed by atoms with Crippen molar-refractivity contribution in [2.75, 3.05) is 18.2 Å². The van der Waals surface area contributed by atoms with E-state index in [1.807, 2.05) is 6.07 Å². The van der Waals surface area contributed by atoms with Crippen LogP contribution in [-0.4, -0.2) is 25.5 Å². The first-order valence-electron chi connectivity index (χ1n) is 5.05. The van der Waals surface area contributed by atoms with E-state index < -0.39 is 12.2 Å². The molecule has 6 nitrogen and oxygen atoms in total. The predicted octanol–water partition coefficient (Wildman–Crippen LogP) is 1.26. The number of ether oxygens (including phenoxy) is 3. The molecule has 3 rings (SSSR count). The van der Waals surface area contributed by atoms with E-state index in [4.69, 9.17) is 19.5 Å². The number of carbonyl (C=O) groups excluding carboxylic acids is 1. The summed E-state index contributed by atoms with van der Waals surface area (Å²) in [7, 11) is 0. The van der Waals surface area contributed by atoms with Gasteiger partial charge >= 0.3 is 6.09 Å². The zero-order valence-corrected chi connectivity index (χ0v) is 8.75. The van der Waals surface area contributed by atoms with E-state index in [9.17, 15) is 4.79 Å². The molecule has 0 aromatic heterocycles. The maximum Gasteiger partial charge on any atom is 0.415 e. The van der Waals surface area contributed by atoms with Crippen molar-refractivity contribution in [1.29, 1.82) is 5.26 Å². The van der Waals surface area contributed by atoms with Crippen molar-refractivity contribution >= 4 is 11.8 Å². The Balaban J connectivity index is 1.90. The molecular formula is C11H8N2O4. The molecule has 1 unspecified atom stereocenters. The Morgan fingerprint density at radius 2 is 2.18 bits per heavy atom. The number of hydrogen-bond donors (Lipinski definition) is 0. The third-order valence-corrected chi connectivity index (χ3v) is 2.62. The summed E-state index contributed by atoms with van der Waals surface area (Å²) in [6, 6.07) is 7.06. The van der Waals surface area contributed by atoms with Gasteiger partial charge < -0.3 is 14.2 Å². The lowest BCUT2D eigenvalue weighted by Gasteiger charge is -2.12. The van der Waals surface area contributed by atoms with E-state index in [0.29, 0.717) is 17.2 Å². The summed E-state index contributed by atoms with van der Waals surface area (Å²) in [5.74, 6) is 1.24. The van der Waals surface area contributed by atoms with Gasteiger partial charge in [-0.1, -0.05) is 0 Å². The number of carbonyl (C=O) groups is 1. The molecule has 0 bridgehead atoms. The Morgan fingerprint density at radius 1 is 1.35 bits per heavy atom. The first-order chi connectivity index (χ1) is 8.28. The molecule has 0 aliphatic carbocycles. The fourth-order valence-electron chi connectivity index (χ4n) is 1.79. The molecule has 6 heteroatoms. The van der Waals surface area contributed by atoms with E-state index >= 15 is 0 Å². The van der Waals surface area contributed by atoms with Gasteiger partial charge in [-0.25, -0.2) is 4.79 Å². The molecule has 0 saturated carbocycles. The average Bonchev–Trinajstić information content (AvgIpc) is 2.93. The van der Waals surface area contributed by atoms with Crippen molar-refractivity contribution in [1.82, 2.24) is 0 Å². The molecule has 2 heterocycles. The van der Waals surface area contributed by atoms with Crippen LogP contribution in [0.4, 0.5) is 10.5 Å². The zero-order valence-electron chi connectivity index (χ0n) is 8.75. The minimum atomic E-state index is -0.715. The Morgan fingerprint density at radius 3 is 2.94 bits per heavy atom. The van der Waals surface area contributed by atoms with Crippen molar-refractivity contribution in [3.8, 4) is 17.6 Å². The van der Waals surface area contributed by atoms with E-state index in [1.165, 1.54) is 4.90 Å². The molecule has 1 aromatic carbocycles. The number of amides is 1. The summed E-state index contributed by atoms with van der Waals surface area (Å²) in [5.41, 5.74) is 0.636. The van der Waals surface area contributed by atoms with Crippen molar-refractivity contribution < 1.29 is 19.0 Å². The molecule has 1 amide bonds. The normalized spacial score (nSPS) is 21.2. The third-order valence-electron chi connectivity index (χ3n) is 2.62. The Labute approximate surface area is 96.9 Å².